The monoisotopic (exact) mass is 286 g/mol. The molecular weight excluding hydrogens is 271 g/mol. The number of halogens is 1. The van der Waals surface area contributed by atoms with E-state index in [2.05, 4.69) is 9.88 Å². The number of aromatic nitrogens is 1. The van der Waals surface area contributed by atoms with Crippen molar-refractivity contribution < 1.29 is 14.3 Å². The van der Waals surface area contributed by atoms with Gasteiger partial charge in [0.25, 0.3) is 0 Å². The van der Waals surface area contributed by atoms with Gasteiger partial charge < -0.3 is 5.11 Å². The van der Waals surface area contributed by atoms with Gasteiger partial charge >= 0.3 is 5.97 Å². The quantitative estimate of drug-likeness (QED) is 0.876. The molecule has 0 radical (unpaired) electrons. The SMILES string of the molecule is CN1C2CCC1c1c(nc3cc(F)ccc3c1C(=O)O)C2. The number of hydrogen-bond acceptors (Lipinski definition) is 3. The lowest BCUT2D eigenvalue weighted by Crippen LogP contribution is -2.35. The third kappa shape index (κ3) is 1.70. The van der Waals surface area contributed by atoms with E-state index < -0.39 is 5.97 Å². The minimum Gasteiger partial charge on any atom is -0.478 e. The molecule has 2 aliphatic rings. The van der Waals surface area contributed by atoms with Crippen molar-refractivity contribution in [2.45, 2.75) is 31.3 Å². The minimum atomic E-state index is -0.955. The number of carboxylic acid groups (broad SMARTS) is 1. The van der Waals surface area contributed by atoms with Gasteiger partial charge in [0, 0.05) is 41.2 Å². The first-order valence-electron chi connectivity index (χ1n) is 7.13. The molecular formula is C16H15FN2O2. The standard InChI is InChI=1S/C16H15FN2O2/c1-19-9-3-5-13(19)15-12(7-9)18-11-6-8(17)2-4-10(11)14(15)16(20)21/h2,4,6,9,13H,3,5,7H2,1H3,(H,20,21). The Morgan fingerprint density at radius 2 is 2.24 bits per heavy atom. The summed E-state index contributed by atoms with van der Waals surface area (Å²) in [6.45, 7) is 0. The molecule has 4 nitrogen and oxygen atoms in total. The van der Waals surface area contributed by atoms with Crippen LogP contribution in [0, 0.1) is 5.82 Å². The minimum absolute atomic E-state index is 0.117. The second kappa shape index (κ2) is 4.24. The van der Waals surface area contributed by atoms with Crippen LogP contribution in [0.15, 0.2) is 18.2 Å². The van der Waals surface area contributed by atoms with Crippen molar-refractivity contribution in [2.24, 2.45) is 0 Å². The zero-order valence-electron chi connectivity index (χ0n) is 11.6. The van der Waals surface area contributed by atoms with E-state index >= 15 is 0 Å². The summed E-state index contributed by atoms with van der Waals surface area (Å²) in [6.07, 6.45) is 2.76. The van der Waals surface area contributed by atoms with Gasteiger partial charge in [-0.05, 0) is 32.0 Å². The molecule has 108 valence electrons. The van der Waals surface area contributed by atoms with Gasteiger partial charge in [0.05, 0.1) is 11.1 Å². The number of fused-ring (bicyclic) bond motifs is 5. The molecule has 1 aromatic heterocycles. The van der Waals surface area contributed by atoms with E-state index in [0.29, 0.717) is 22.5 Å². The van der Waals surface area contributed by atoms with E-state index in [0.717, 1.165) is 30.5 Å². The second-order valence-corrected chi connectivity index (χ2v) is 5.93. The van der Waals surface area contributed by atoms with Crippen molar-refractivity contribution in [1.82, 2.24) is 9.88 Å². The van der Waals surface area contributed by atoms with Gasteiger partial charge in [0.2, 0.25) is 0 Å². The van der Waals surface area contributed by atoms with Crippen LogP contribution in [-0.2, 0) is 6.42 Å². The Hall–Kier alpha value is -2.01. The molecule has 0 saturated carbocycles. The number of likely N-dealkylation sites (N-methyl/N-ethyl adjacent to an activating group) is 1. The molecule has 1 N–H and O–H groups in total. The van der Waals surface area contributed by atoms with Crippen LogP contribution in [0.1, 0.15) is 40.5 Å². The molecule has 0 amide bonds. The fourth-order valence-electron chi connectivity index (χ4n) is 3.88. The topological polar surface area (TPSA) is 53.4 Å². The van der Waals surface area contributed by atoms with Gasteiger partial charge in [-0.15, -0.1) is 0 Å². The molecule has 3 heterocycles. The van der Waals surface area contributed by atoms with Crippen LogP contribution in [0.2, 0.25) is 0 Å². The largest absolute Gasteiger partial charge is 0.478 e. The van der Waals surface area contributed by atoms with Gasteiger partial charge in [-0.2, -0.15) is 0 Å². The van der Waals surface area contributed by atoms with Crippen LogP contribution < -0.4 is 0 Å². The van der Waals surface area contributed by atoms with Gasteiger partial charge in [-0.3, -0.25) is 9.88 Å². The summed E-state index contributed by atoms with van der Waals surface area (Å²) in [5.41, 5.74) is 2.40. The first kappa shape index (κ1) is 12.7. The van der Waals surface area contributed by atoms with Gasteiger partial charge in [0.1, 0.15) is 5.82 Å². The van der Waals surface area contributed by atoms with Crippen molar-refractivity contribution in [3.8, 4) is 0 Å². The van der Waals surface area contributed by atoms with Crippen LogP contribution in [0.25, 0.3) is 10.9 Å². The average molecular weight is 286 g/mol. The number of nitrogens with zero attached hydrogens (tertiary/aromatic N) is 2. The van der Waals surface area contributed by atoms with Crippen LogP contribution in [-0.4, -0.2) is 34.0 Å². The molecule has 21 heavy (non-hydrogen) atoms. The number of carboxylic acids is 1. The molecule has 1 aromatic carbocycles. The molecule has 2 unspecified atom stereocenters. The Balaban J connectivity index is 2.08. The number of hydrogen-bond donors (Lipinski definition) is 1. The van der Waals surface area contributed by atoms with Crippen molar-refractivity contribution in [3.05, 3.63) is 40.8 Å². The predicted molar refractivity (Wildman–Crippen MR) is 75.9 cm³/mol. The first-order valence-corrected chi connectivity index (χ1v) is 7.13. The van der Waals surface area contributed by atoms with Crippen LogP contribution in [0.5, 0.6) is 0 Å². The highest BCUT2D eigenvalue weighted by atomic mass is 19.1. The fourth-order valence-corrected chi connectivity index (χ4v) is 3.88. The normalized spacial score (nSPS) is 24.3. The lowest BCUT2D eigenvalue weighted by atomic mass is 9.91. The molecule has 0 aliphatic carbocycles. The van der Waals surface area contributed by atoms with E-state index in [4.69, 9.17) is 0 Å². The van der Waals surface area contributed by atoms with Gasteiger partial charge in [0.15, 0.2) is 0 Å². The van der Waals surface area contributed by atoms with Gasteiger partial charge in [-0.1, -0.05) is 0 Å². The predicted octanol–water partition coefficient (Wildman–Crippen LogP) is 2.76. The molecule has 1 fully saturated rings. The summed E-state index contributed by atoms with van der Waals surface area (Å²) in [7, 11) is 2.05. The molecule has 2 aromatic rings. The molecule has 0 spiro atoms. The summed E-state index contributed by atoms with van der Waals surface area (Å²) in [6, 6.07) is 4.69. The maximum atomic E-state index is 13.4. The smallest absolute Gasteiger partial charge is 0.336 e. The third-order valence-electron chi connectivity index (χ3n) is 4.88. The summed E-state index contributed by atoms with van der Waals surface area (Å²) in [5.74, 6) is -1.34. The first-order chi connectivity index (χ1) is 10.1. The van der Waals surface area contributed by atoms with E-state index in [9.17, 15) is 14.3 Å². The molecule has 2 atom stereocenters. The summed E-state index contributed by atoms with van der Waals surface area (Å²) >= 11 is 0. The highest BCUT2D eigenvalue weighted by molar-refractivity contribution is 6.04. The number of carbonyl (C=O) groups is 1. The molecule has 4 rings (SSSR count). The van der Waals surface area contributed by atoms with E-state index in [1.54, 1.807) is 0 Å². The lowest BCUT2D eigenvalue weighted by Gasteiger charge is -2.33. The second-order valence-electron chi connectivity index (χ2n) is 5.93. The van der Waals surface area contributed by atoms with E-state index in [-0.39, 0.29) is 11.9 Å². The zero-order chi connectivity index (χ0) is 14.7. The number of benzene rings is 1. The maximum absolute atomic E-state index is 13.4. The van der Waals surface area contributed by atoms with Crippen molar-refractivity contribution >= 4 is 16.9 Å². The van der Waals surface area contributed by atoms with Crippen LogP contribution >= 0.6 is 0 Å². The molecule has 2 aliphatic heterocycles. The highest BCUT2D eigenvalue weighted by Gasteiger charge is 2.41. The van der Waals surface area contributed by atoms with Crippen LogP contribution in [0.3, 0.4) is 0 Å². The third-order valence-corrected chi connectivity index (χ3v) is 4.88. The highest BCUT2D eigenvalue weighted by Crippen LogP contribution is 2.44. The van der Waals surface area contributed by atoms with Crippen molar-refractivity contribution in [2.75, 3.05) is 7.05 Å². The fraction of sp³-hybridized carbons (Fsp3) is 0.375. The Kier molecular flexibility index (Phi) is 2.57. The maximum Gasteiger partial charge on any atom is 0.336 e. The molecule has 2 bridgehead atoms. The lowest BCUT2D eigenvalue weighted by molar-refractivity contribution is 0.0694. The number of pyridine rings is 1. The van der Waals surface area contributed by atoms with Gasteiger partial charge in [-0.25, -0.2) is 9.18 Å². The van der Waals surface area contributed by atoms with E-state index in [1.807, 2.05) is 7.05 Å². The summed E-state index contributed by atoms with van der Waals surface area (Å²) in [5, 5.41) is 10.2. The van der Waals surface area contributed by atoms with Crippen molar-refractivity contribution in [3.63, 3.8) is 0 Å². The number of rotatable bonds is 1. The summed E-state index contributed by atoms with van der Waals surface area (Å²) in [4.78, 5) is 18.6. The zero-order valence-corrected chi connectivity index (χ0v) is 11.6. The molecule has 1 saturated heterocycles. The Bertz CT molecular complexity index is 774. The summed E-state index contributed by atoms with van der Waals surface area (Å²) < 4.78 is 13.4. The Labute approximate surface area is 121 Å². The van der Waals surface area contributed by atoms with Crippen LogP contribution in [0.4, 0.5) is 4.39 Å². The van der Waals surface area contributed by atoms with E-state index in [1.165, 1.54) is 18.2 Å². The average Bonchev–Trinajstić information content (AvgIpc) is 2.68. The van der Waals surface area contributed by atoms with Crippen molar-refractivity contribution in [1.29, 1.82) is 0 Å². The molecule has 5 heteroatoms. The Morgan fingerprint density at radius 1 is 1.43 bits per heavy atom. The Morgan fingerprint density at radius 3 is 3.00 bits per heavy atom. The number of aromatic carboxylic acids is 1.